The highest BCUT2D eigenvalue weighted by Gasteiger charge is 2.23. The van der Waals surface area contributed by atoms with E-state index in [2.05, 4.69) is 33.6 Å². The Morgan fingerprint density at radius 3 is 3.06 bits per heavy atom. The molecular weight excluding hydrogens is 230 g/mol. The van der Waals surface area contributed by atoms with Crippen LogP contribution in [0.2, 0.25) is 0 Å². The van der Waals surface area contributed by atoms with Crippen LogP contribution in [-0.2, 0) is 13.1 Å². The lowest BCUT2D eigenvalue weighted by Crippen LogP contribution is -2.13. The van der Waals surface area contributed by atoms with Crippen LogP contribution in [-0.4, -0.2) is 16.8 Å². The van der Waals surface area contributed by atoms with Gasteiger partial charge in [0.2, 0.25) is 0 Å². The third kappa shape index (κ3) is 2.42. The van der Waals surface area contributed by atoms with E-state index in [1.54, 1.807) is 11.3 Å². The van der Waals surface area contributed by atoms with Crippen LogP contribution in [0.3, 0.4) is 0 Å². The molecule has 1 N–H and O–H groups in total. The summed E-state index contributed by atoms with van der Waals surface area (Å²) in [5.74, 6) is 0.863. The summed E-state index contributed by atoms with van der Waals surface area (Å²) in [5, 5.41) is 10.1. The van der Waals surface area contributed by atoms with Crippen LogP contribution in [0.5, 0.6) is 0 Å². The van der Waals surface area contributed by atoms with Crippen molar-refractivity contribution >= 4 is 11.3 Å². The molecule has 1 aliphatic carbocycles. The van der Waals surface area contributed by atoms with Crippen LogP contribution >= 0.6 is 11.3 Å². The number of aromatic nitrogens is 2. The summed E-state index contributed by atoms with van der Waals surface area (Å²) in [6.07, 6.45) is 2.74. The van der Waals surface area contributed by atoms with Crippen molar-refractivity contribution in [1.82, 2.24) is 15.1 Å². The molecular formula is C13H17N3S. The molecule has 3 rings (SSSR count). The van der Waals surface area contributed by atoms with Gasteiger partial charge < -0.3 is 5.32 Å². The summed E-state index contributed by atoms with van der Waals surface area (Å²) >= 11 is 1.75. The first kappa shape index (κ1) is 11.0. The molecule has 1 fully saturated rings. The van der Waals surface area contributed by atoms with Crippen molar-refractivity contribution in [3.05, 3.63) is 29.3 Å². The number of hydrogen-bond donors (Lipinski definition) is 1. The number of nitrogens with one attached hydrogen (secondary N) is 1. The van der Waals surface area contributed by atoms with Gasteiger partial charge in [0.25, 0.3) is 0 Å². The first-order chi connectivity index (χ1) is 8.36. The van der Waals surface area contributed by atoms with E-state index >= 15 is 0 Å². The molecule has 2 aromatic rings. The van der Waals surface area contributed by atoms with Crippen LogP contribution in [0.1, 0.15) is 18.5 Å². The monoisotopic (exact) mass is 247 g/mol. The standard InChI is InChI=1S/C13H17N3S/c1-14-8-11-7-12(13-3-2-6-17-13)15-16(11)9-10-4-5-10/h2-3,6-7,10,14H,4-5,8-9H2,1H3. The molecule has 0 bridgehead atoms. The molecule has 4 heteroatoms. The fourth-order valence-electron chi connectivity index (χ4n) is 2.03. The van der Waals surface area contributed by atoms with Crippen molar-refractivity contribution in [1.29, 1.82) is 0 Å². The van der Waals surface area contributed by atoms with Gasteiger partial charge in [-0.15, -0.1) is 11.3 Å². The SMILES string of the molecule is CNCc1cc(-c2cccs2)nn1CC1CC1. The van der Waals surface area contributed by atoms with Crippen LogP contribution in [0.25, 0.3) is 10.6 Å². The molecule has 0 aliphatic heterocycles. The lowest BCUT2D eigenvalue weighted by Gasteiger charge is -2.05. The lowest BCUT2D eigenvalue weighted by molar-refractivity contribution is 0.532. The van der Waals surface area contributed by atoms with Gasteiger partial charge in [0.05, 0.1) is 10.6 Å². The van der Waals surface area contributed by atoms with E-state index in [0.717, 1.165) is 24.7 Å². The summed E-state index contributed by atoms with van der Waals surface area (Å²) < 4.78 is 2.18. The Balaban J connectivity index is 1.89. The Hall–Kier alpha value is -1.13. The van der Waals surface area contributed by atoms with E-state index in [-0.39, 0.29) is 0 Å². The molecule has 0 saturated heterocycles. The van der Waals surface area contributed by atoms with E-state index < -0.39 is 0 Å². The van der Waals surface area contributed by atoms with Gasteiger partial charge in [0.1, 0.15) is 5.69 Å². The predicted octanol–water partition coefficient (Wildman–Crippen LogP) is 2.74. The molecule has 2 heterocycles. The van der Waals surface area contributed by atoms with Gasteiger partial charge in [-0.25, -0.2) is 0 Å². The van der Waals surface area contributed by atoms with Crippen molar-refractivity contribution in [3.63, 3.8) is 0 Å². The van der Waals surface area contributed by atoms with E-state index in [4.69, 9.17) is 5.10 Å². The topological polar surface area (TPSA) is 29.9 Å². The van der Waals surface area contributed by atoms with Crippen LogP contribution in [0, 0.1) is 5.92 Å². The zero-order chi connectivity index (χ0) is 11.7. The molecule has 1 saturated carbocycles. The normalized spacial score (nSPS) is 15.4. The predicted molar refractivity (Wildman–Crippen MR) is 71.0 cm³/mol. The van der Waals surface area contributed by atoms with Crippen molar-refractivity contribution in [2.24, 2.45) is 5.92 Å². The van der Waals surface area contributed by atoms with Gasteiger partial charge in [-0.2, -0.15) is 5.10 Å². The van der Waals surface area contributed by atoms with Gasteiger partial charge in [-0.3, -0.25) is 4.68 Å². The second-order valence-corrected chi connectivity index (χ2v) is 5.60. The van der Waals surface area contributed by atoms with Gasteiger partial charge in [0.15, 0.2) is 0 Å². The van der Waals surface area contributed by atoms with E-state index in [1.807, 2.05) is 7.05 Å². The fourth-order valence-corrected chi connectivity index (χ4v) is 2.71. The van der Waals surface area contributed by atoms with Crippen molar-refractivity contribution < 1.29 is 0 Å². The average Bonchev–Trinajstić information content (AvgIpc) is 2.83. The summed E-state index contributed by atoms with van der Waals surface area (Å²) in [6.45, 7) is 1.98. The summed E-state index contributed by atoms with van der Waals surface area (Å²) in [7, 11) is 1.99. The van der Waals surface area contributed by atoms with E-state index in [1.165, 1.54) is 23.4 Å². The van der Waals surface area contributed by atoms with Crippen LogP contribution in [0.4, 0.5) is 0 Å². The second kappa shape index (κ2) is 4.63. The molecule has 17 heavy (non-hydrogen) atoms. The Morgan fingerprint density at radius 2 is 2.41 bits per heavy atom. The molecule has 0 atom stereocenters. The number of hydrogen-bond acceptors (Lipinski definition) is 3. The summed E-state index contributed by atoms with van der Waals surface area (Å²) in [5.41, 5.74) is 2.41. The molecule has 3 nitrogen and oxygen atoms in total. The van der Waals surface area contributed by atoms with Crippen LogP contribution < -0.4 is 5.32 Å². The molecule has 0 unspecified atom stereocenters. The summed E-state index contributed by atoms with van der Waals surface area (Å²) in [4.78, 5) is 1.26. The molecule has 90 valence electrons. The minimum absolute atomic E-state index is 0.863. The maximum atomic E-state index is 4.74. The first-order valence-electron chi connectivity index (χ1n) is 6.12. The van der Waals surface area contributed by atoms with Gasteiger partial charge in [-0.1, -0.05) is 6.07 Å². The minimum atomic E-state index is 0.863. The van der Waals surface area contributed by atoms with Crippen molar-refractivity contribution in [2.75, 3.05) is 7.05 Å². The number of thiophene rings is 1. The Kier molecular flexibility index (Phi) is 2.99. The molecule has 1 aliphatic rings. The zero-order valence-electron chi connectivity index (χ0n) is 10.0. The van der Waals surface area contributed by atoms with Gasteiger partial charge in [-0.05, 0) is 43.3 Å². The van der Waals surface area contributed by atoms with E-state index in [9.17, 15) is 0 Å². The first-order valence-corrected chi connectivity index (χ1v) is 7.00. The molecule has 0 spiro atoms. The Morgan fingerprint density at radius 1 is 1.53 bits per heavy atom. The zero-order valence-corrected chi connectivity index (χ0v) is 10.8. The summed E-state index contributed by atoms with van der Waals surface area (Å²) in [6, 6.07) is 6.43. The van der Waals surface area contributed by atoms with Crippen molar-refractivity contribution in [2.45, 2.75) is 25.9 Å². The maximum absolute atomic E-state index is 4.74. The average molecular weight is 247 g/mol. The highest BCUT2D eigenvalue weighted by molar-refractivity contribution is 7.13. The van der Waals surface area contributed by atoms with Crippen LogP contribution in [0.15, 0.2) is 23.6 Å². The quantitative estimate of drug-likeness (QED) is 0.880. The Bertz CT molecular complexity index is 483. The largest absolute Gasteiger partial charge is 0.314 e. The molecule has 0 amide bonds. The van der Waals surface area contributed by atoms with Crippen molar-refractivity contribution in [3.8, 4) is 10.6 Å². The molecule has 0 aromatic carbocycles. The van der Waals surface area contributed by atoms with E-state index in [0.29, 0.717) is 0 Å². The molecule has 0 radical (unpaired) electrons. The Labute approximate surface area is 105 Å². The number of rotatable bonds is 5. The lowest BCUT2D eigenvalue weighted by atomic mass is 10.3. The second-order valence-electron chi connectivity index (χ2n) is 4.65. The highest BCUT2D eigenvalue weighted by atomic mass is 32.1. The smallest absolute Gasteiger partial charge is 0.103 e. The molecule has 2 aromatic heterocycles. The minimum Gasteiger partial charge on any atom is -0.314 e. The van der Waals surface area contributed by atoms with Gasteiger partial charge >= 0.3 is 0 Å². The fraction of sp³-hybridized carbons (Fsp3) is 0.462. The third-order valence-electron chi connectivity index (χ3n) is 3.12. The van der Waals surface area contributed by atoms with Gasteiger partial charge in [0, 0.05) is 13.1 Å². The maximum Gasteiger partial charge on any atom is 0.103 e. The third-order valence-corrected chi connectivity index (χ3v) is 4.02. The highest BCUT2D eigenvalue weighted by Crippen LogP contribution is 2.32. The number of nitrogens with zero attached hydrogens (tertiary/aromatic N) is 2.